The molecule has 0 amide bonds. The normalized spacial score (nSPS) is 16.8. The molecular weight excluding hydrogens is 974 g/mol. The Morgan fingerprint density at radius 3 is 1.93 bits per heavy atom. The first-order valence-corrected chi connectivity index (χ1v) is 25.3. The zero-order chi connectivity index (χ0) is 48.0. The maximum atomic E-state index is 12.2. The lowest BCUT2D eigenvalue weighted by atomic mass is 9.81. The van der Waals surface area contributed by atoms with E-state index in [-0.39, 0.29) is 17.1 Å². The van der Waals surface area contributed by atoms with Crippen molar-refractivity contribution in [2.24, 2.45) is 0 Å². The first kappa shape index (κ1) is 45.1. The average Bonchev–Trinajstić information content (AvgIpc) is 4.08. The van der Waals surface area contributed by atoms with Crippen LogP contribution in [-0.2, 0) is 21.0 Å². The SMILES string of the molecule is CC(C)(C)c1ccc(-c2c(-c3cccc(Cl)c3)c(Cl)cc(-c3ccc4c(c3)OC(c3ccc5c(c3)OCO5)(c3ccc(Cl)cc3Cl)O4)c2-c2ccc3c(c2)OC(c2ccc(S(C)(=O)=O)cc2)O3)cc1. The van der Waals surface area contributed by atoms with E-state index in [2.05, 4.69) is 45.0 Å². The minimum atomic E-state index is -3.40. The number of fused-ring (bicyclic) bond motifs is 3. The van der Waals surface area contributed by atoms with Gasteiger partial charge in [-0.15, -0.1) is 0 Å². The predicted octanol–water partition coefficient (Wildman–Crippen LogP) is 15.5. The molecule has 2 atom stereocenters. The van der Waals surface area contributed by atoms with Crippen LogP contribution in [0.15, 0.2) is 157 Å². The third-order valence-corrected chi connectivity index (χ3v) is 14.7. The second-order valence-electron chi connectivity index (χ2n) is 18.1. The van der Waals surface area contributed by atoms with Crippen LogP contribution in [0.25, 0.3) is 44.5 Å². The van der Waals surface area contributed by atoms with Crippen LogP contribution in [0.3, 0.4) is 0 Å². The summed E-state index contributed by atoms with van der Waals surface area (Å²) in [5.41, 5.74) is 9.44. The molecule has 2 unspecified atom stereocenters. The number of rotatable bonds is 8. The van der Waals surface area contributed by atoms with Crippen LogP contribution in [0.4, 0.5) is 0 Å². The smallest absolute Gasteiger partial charge is 0.307 e. The monoisotopic (exact) mass is 1010 g/mol. The van der Waals surface area contributed by atoms with Gasteiger partial charge < -0.3 is 28.4 Å². The Hall–Kier alpha value is -6.33. The van der Waals surface area contributed by atoms with Crippen LogP contribution in [0.2, 0.25) is 20.1 Å². The van der Waals surface area contributed by atoms with Crippen LogP contribution in [0.1, 0.15) is 49.3 Å². The van der Waals surface area contributed by atoms with E-state index in [1.54, 1.807) is 42.5 Å². The van der Waals surface area contributed by atoms with Crippen molar-refractivity contribution in [3.63, 3.8) is 0 Å². The summed E-state index contributed by atoms with van der Waals surface area (Å²) in [7, 11) is -3.40. The second-order valence-corrected chi connectivity index (χ2v) is 21.8. The van der Waals surface area contributed by atoms with Gasteiger partial charge in [-0.05, 0) is 141 Å². The van der Waals surface area contributed by atoms with Gasteiger partial charge in [-0.2, -0.15) is 0 Å². The van der Waals surface area contributed by atoms with Crippen molar-refractivity contribution in [2.45, 2.75) is 43.2 Å². The van der Waals surface area contributed by atoms with Gasteiger partial charge in [-0.1, -0.05) is 128 Å². The van der Waals surface area contributed by atoms with Gasteiger partial charge >= 0.3 is 5.79 Å². The van der Waals surface area contributed by atoms with E-state index in [9.17, 15) is 8.42 Å². The van der Waals surface area contributed by atoms with Crippen molar-refractivity contribution in [1.82, 2.24) is 0 Å². The summed E-state index contributed by atoms with van der Waals surface area (Å²) in [4.78, 5) is 0.203. The lowest BCUT2D eigenvalue weighted by Gasteiger charge is -2.29. The molecule has 0 fully saturated rings. The first-order valence-electron chi connectivity index (χ1n) is 21.9. The van der Waals surface area contributed by atoms with Crippen molar-refractivity contribution < 1.29 is 36.8 Å². The van der Waals surface area contributed by atoms with Gasteiger partial charge in [0.25, 0.3) is 6.29 Å². The Bertz CT molecular complexity index is 3500. The summed E-state index contributed by atoms with van der Waals surface area (Å²) in [6, 6.07) is 47.0. The van der Waals surface area contributed by atoms with Gasteiger partial charge in [0.1, 0.15) is 0 Å². The van der Waals surface area contributed by atoms with E-state index in [0.29, 0.717) is 71.3 Å². The third kappa shape index (κ3) is 8.20. The molecule has 13 heteroatoms. The highest BCUT2D eigenvalue weighted by Crippen LogP contribution is 2.55. The molecular formula is C56H40Cl4O8S. The summed E-state index contributed by atoms with van der Waals surface area (Å²) >= 11 is 27.7. The van der Waals surface area contributed by atoms with Crippen LogP contribution >= 0.6 is 46.4 Å². The molecule has 0 radical (unpaired) electrons. The van der Waals surface area contributed by atoms with E-state index < -0.39 is 21.9 Å². The Morgan fingerprint density at radius 1 is 0.536 bits per heavy atom. The summed E-state index contributed by atoms with van der Waals surface area (Å²) in [6.45, 7) is 6.64. The lowest BCUT2D eigenvalue weighted by Crippen LogP contribution is -2.37. The van der Waals surface area contributed by atoms with Crippen LogP contribution in [0, 0.1) is 0 Å². The van der Waals surface area contributed by atoms with Crippen LogP contribution in [0.5, 0.6) is 34.5 Å². The highest BCUT2D eigenvalue weighted by Gasteiger charge is 2.48. The van der Waals surface area contributed by atoms with E-state index in [0.717, 1.165) is 44.5 Å². The molecule has 346 valence electrons. The van der Waals surface area contributed by atoms with Crippen molar-refractivity contribution in [3.05, 3.63) is 194 Å². The number of halogens is 4. The topological polar surface area (TPSA) is 89.5 Å². The largest absolute Gasteiger partial charge is 0.454 e. The summed E-state index contributed by atoms with van der Waals surface area (Å²) < 4.78 is 62.6. The fourth-order valence-corrected chi connectivity index (χ4v) is 10.7. The summed E-state index contributed by atoms with van der Waals surface area (Å²) in [6.07, 6.45) is 0.362. The number of sulfone groups is 1. The molecule has 3 heterocycles. The minimum absolute atomic E-state index is 0.0908. The highest BCUT2D eigenvalue weighted by atomic mass is 35.5. The molecule has 0 saturated carbocycles. The highest BCUT2D eigenvalue weighted by molar-refractivity contribution is 7.90. The molecule has 3 aliphatic heterocycles. The molecule has 0 saturated heterocycles. The number of hydrogen-bond donors (Lipinski definition) is 0. The Balaban J connectivity index is 1.10. The molecule has 8 aromatic carbocycles. The lowest BCUT2D eigenvalue weighted by molar-refractivity contribution is -0.0459. The molecule has 0 spiro atoms. The first-order chi connectivity index (χ1) is 33.0. The van der Waals surface area contributed by atoms with E-state index >= 15 is 0 Å². The number of hydrogen-bond acceptors (Lipinski definition) is 8. The van der Waals surface area contributed by atoms with E-state index in [4.69, 9.17) is 74.8 Å². The van der Waals surface area contributed by atoms with Gasteiger partial charge in [-0.3, -0.25) is 0 Å². The summed E-state index contributed by atoms with van der Waals surface area (Å²) in [5, 5.41) is 1.85. The zero-order valence-corrected chi connectivity index (χ0v) is 41.2. The number of ether oxygens (including phenoxy) is 6. The maximum absolute atomic E-state index is 12.2. The van der Waals surface area contributed by atoms with Gasteiger partial charge in [0.2, 0.25) is 6.79 Å². The van der Waals surface area contributed by atoms with Gasteiger partial charge in [0.15, 0.2) is 44.3 Å². The Labute approximate surface area is 419 Å². The standard InChI is InChI=1S/C56H40Cl4O8S/c1-55(2,3)36-14-8-31(9-15-36)53-51(35-13-21-46-49(26-35)66-54(65-46)32-10-18-40(19-11-32)69(4,61)62)41(29-44(60)52(53)34-6-5-7-38(57)24-34)33-12-22-47-50(25-33)68-56(67-47,42-20-17-39(58)28-43(42)59)37-16-23-45-48(27-37)64-30-63-45/h5-29,54H,30H2,1-4H3. The molecule has 0 aliphatic carbocycles. The van der Waals surface area contributed by atoms with Crippen molar-refractivity contribution in [1.29, 1.82) is 0 Å². The van der Waals surface area contributed by atoms with Crippen LogP contribution < -0.4 is 28.4 Å². The Morgan fingerprint density at radius 2 is 1.19 bits per heavy atom. The predicted molar refractivity (Wildman–Crippen MR) is 272 cm³/mol. The minimum Gasteiger partial charge on any atom is -0.454 e. The quantitative estimate of drug-likeness (QED) is 0.149. The molecule has 0 N–H and O–H groups in total. The summed E-state index contributed by atoms with van der Waals surface area (Å²) in [5.74, 6) is 1.56. The third-order valence-electron chi connectivity index (χ3n) is 12.5. The van der Waals surface area contributed by atoms with Crippen molar-refractivity contribution >= 4 is 56.2 Å². The zero-order valence-electron chi connectivity index (χ0n) is 37.4. The second kappa shape index (κ2) is 17.0. The van der Waals surface area contributed by atoms with E-state index in [1.165, 1.54) is 11.8 Å². The van der Waals surface area contributed by atoms with Gasteiger partial charge in [0, 0.05) is 38.0 Å². The Kier molecular flexibility index (Phi) is 11.1. The molecule has 8 aromatic rings. The van der Waals surface area contributed by atoms with Gasteiger partial charge in [-0.25, -0.2) is 8.42 Å². The van der Waals surface area contributed by atoms with Gasteiger partial charge in [0.05, 0.1) is 15.5 Å². The van der Waals surface area contributed by atoms with Crippen LogP contribution in [-0.4, -0.2) is 21.5 Å². The molecule has 0 bridgehead atoms. The molecule has 11 rings (SSSR count). The molecule has 3 aliphatic rings. The molecule has 0 aromatic heterocycles. The van der Waals surface area contributed by atoms with Crippen molar-refractivity contribution in [3.8, 4) is 79.0 Å². The average molecular weight is 1010 g/mol. The number of benzene rings is 8. The molecule has 8 nitrogen and oxygen atoms in total. The van der Waals surface area contributed by atoms with E-state index in [1.807, 2.05) is 84.9 Å². The van der Waals surface area contributed by atoms with Crippen molar-refractivity contribution in [2.75, 3.05) is 13.0 Å². The maximum Gasteiger partial charge on any atom is 0.307 e. The fourth-order valence-electron chi connectivity index (χ4n) is 9.06. The molecule has 69 heavy (non-hydrogen) atoms. The fraction of sp³-hybridized carbons (Fsp3) is 0.143.